The van der Waals surface area contributed by atoms with E-state index < -0.39 is 5.60 Å². The Kier molecular flexibility index (Phi) is 15.8. The van der Waals surface area contributed by atoms with Crippen molar-refractivity contribution in [3.63, 3.8) is 0 Å². The van der Waals surface area contributed by atoms with Gasteiger partial charge in [-0.3, -0.25) is 9.69 Å². The Labute approximate surface area is 372 Å². The lowest BCUT2D eigenvalue weighted by atomic mass is 10.0. The highest BCUT2D eigenvalue weighted by Gasteiger charge is 2.43. The number of carbonyl (C=O) groups is 3. The highest BCUT2D eigenvalue weighted by Crippen LogP contribution is 2.37. The molecule has 4 atom stereocenters. The molecule has 13 nitrogen and oxygen atoms in total. The summed E-state index contributed by atoms with van der Waals surface area (Å²) in [6, 6.07) is 11.5. The van der Waals surface area contributed by atoms with Crippen molar-refractivity contribution in [1.29, 1.82) is 0 Å². The summed E-state index contributed by atoms with van der Waals surface area (Å²) < 4.78 is 10.9. The molecule has 0 spiro atoms. The second-order valence-electron chi connectivity index (χ2n) is 19.6. The Morgan fingerprint density at radius 2 is 1.10 bits per heavy atom. The molecule has 8 rings (SSSR count). The van der Waals surface area contributed by atoms with Crippen LogP contribution in [0.2, 0.25) is 10.0 Å². The normalized spacial score (nSPS) is 24.7. The number of fused-ring (bicyclic) bond motifs is 2. The molecule has 6 fully saturated rings. The van der Waals surface area contributed by atoms with E-state index in [2.05, 4.69) is 26.1 Å². The molecule has 3 N–H and O–H groups in total. The van der Waals surface area contributed by atoms with Crippen molar-refractivity contribution in [2.45, 2.75) is 97.2 Å². The number of para-hydroxylation sites is 2. The fourth-order valence-corrected chi connectivity index (χ4v) is 10.1. The fourth-order valence-electron chi connectivity index (χ4n) is 9.45. The number of aldehydes is 1. The third kappa shape index (κ3) is 12.9. The van der Waals surface area contributed by atoms with E-state index in [1.165, 1.54) is 5.56 Å². The van der Waals surface area contributed by atoms with Crippen LogP contribution in [-0.4, -0.2) is 145 Å². The van der Waals surface area contributed by atoms with Crippen LogP contribution in [0.15, 0.2) is 36.4 Å². The van der Waals surface area contributed by atoms with Crippen LogP contribution >= 0.6 is 23.2 Å². The van der Waals surface area contributed by atoms with Crippen LogP contribution in [-0.2, 0) is 16.0 Å². The summed E-state index contributed by atoms with van der Waals surface area (Å²) in [6.07, 6.45) is 3.10. The molecule has 0 saturated carbocycles. The zero-order chi connectivity index (χ0) is 44.1. The summed E-state index contributed by atoms with van der Waals surface area (Å²) in [4.78, 5) is 45.7. The number of anilines is 2. The summed E-state index contributed by atoms with van der Waals surface area (Å²) >= 11 is 12.7. The second kappa shape index (κ2) is 20.5. The summed E-state index contributed by atoms with van der Waals surface area (Å²) in [7, 11) is 0. The van der Waals surface area contributed by atoms with Crippen molar-refractivity contribution in [2.24, 2.45) is 23.7 Å². The minimum Gasteiger partial charge on any atom is -0.444 e. The number of nitrogens with zero attached hydrogens (tertiary/aromatic N) is 5. The molecular weight excluding hydrogens is 819 g/mol. The van der Waals surface area contributed by atoms with Crippen LogP contribution in [0.5, 0.6) is 0 Å². The lowest BCUT2D eigenvalue weighted by Crippen LogP contribution is -2.38. The number of likely N-dealkylation sites (tertiary alicyclic amines) is 3. The van der Waals surface area contributed by atoms with E-state index in [1.807, 2.05) is 63.5 Å². The molecule has 0 radical (unpaired) electrons. The highest BCUT2D eigenvalue weighted by molar-refractivity contribution is 6.34. The number of aliphatic hydroxyl groups is 2. The van der Waals surface area contributed by atoms with Crippen molar-refractivity contribution >= 4 is 53.0 Å². The van der Waals surface area contributed by atoms with Gasteiger partial charge in [0.2, 0.25) is 0 Å². The van der Waals surface area contributed by atoms with Gasteiger partial charge in [0, 0.05) is 90.6 Å². The Morgan fingerprint density at radius 1 is 0.672 bits per heavy atom. The van der Waals surface area contributed by atoms with Gasteiger partial charge in [-0.2, -0.15) is 0 Å². The van der Waals surface area contributed by atoms with Gasteiger partial charge in [0.15, 0.2) is 6.29 Å². The van der Waals surface area contributed by atoms with Gasteiger partial charge in [0.05, 0.1) is 33.6 Å². The first kappa shape index (κ1) is 47.2. The van der Waals surface area contributed by atoms with E-state index >= 15 is 0 Å². The molecule has 2 amide bonds. The molecule has 338 valence electrons. The molecule has 6 saturated heterocycles. The van der Waals surface area contributed by atoms with Gasteiger partial charge < -0.3 is 44.6 Å². The Hall–Kier alpha value is -3.33. The molecule has 4 unspecified atom stereocenters. The number of halogens is 2. The third-order valence-electron chi connectivity index (χ3n) is 12.4. The molecule has 6 aliphatic rings. The number of nitrogens with one attached hydrogen (secondary N) is 1. The SMILES string of the molecule is CC(C)(C)OC(=O)N1CC2CN(Cc3cccc(Cl)c3N3CCC(O)CC3)CC2C1.CC(C)(C)OC(=O)N1CC2CNCC2C1.O=Cc1cccc(Cl)c1N1CCC(O)CC1. The van der Waals surface area contributed by atoms with Crippen molar-refractivity contribution in [3.8, 4) is 0 Å². The number of hydrogen-bond acceptors (Lipinski definition) is 11. The van der Waals surface area contributed by atoms with Crippen LogP contribution in [0.1, 0.15) is 83.1 Å². The van der Waals surface area contributed by atoms with Crippen LogP contribution in [0.4, 0.5) is 21.0 Å². The minimum atomic E-state index is -0.450. The van der Waals surface area contributed by atoms with E-state index in [-0.39, 0.29) is 30.0 Å². The highest BCUT2D eigenvalue weighted by atomic mass is 35.5. The van der Waals surface area contributed by atoms with Crippen LogP contribution < -0.4 is 15.1 Å². The van der Waals surface area contributed by atoms with Crippen molar-refractivity contribution < 1.29 is 34.1 Å². The van der Waals surface area contributed by atoms with E-state index in [0.29, 0.717) is 34.3 Å². The smallest absolute Gasteiger partial charge is 0.410 e. The number of amides is 2. The van der Waals surface area contributed by atoms with Crippen LogP contribution in [0.25, 0.3) is 0 Å². The van der Waals surface area contributed by atoms with Gasteiger partial charge in [0.1, 0.15) is 11.2 Å². The van der Waals surface area contributed by atoms with Crippen molar-refractivity contribution in [2.75, 3.05) is 88.3 Å². The molecule has 0 aromatic heterocycles. The Balaban J connectivity index is 0.000000169. The quantitative estimate of drug-likeness (QED) is 0.274. The molecule has 6 heterocycles. The van der Waals surface area contributed by atoms with Crippen LogP contribution in [0, 0.1) is 23.7 Å². The topological polar surface area (TPSA) is 138 Å². The monoisotopic (exact) mass is 886 g/mol. The molecule has 6 aliphatic heterocycles. The Bertz CT molecular complexity index is 1780. The van der Waals surface area contributed by atoms with Gasteiger partial charge in [-0.05, 0) is 115 Å². The molecule has 2 aromatic rings. The van der Waals surface area contributed by atoms with E-state index in [1.54, 1.807) is 18.2 Å². The van der Waals surface area contributed by atoms with Gasteiger partial charge >= 0.3 is 12.2 Å². The summed E-state index contributed by atoms with van der Waals surface area (Å²) in [5.41, 5.74) is 2.96. The molecule has 0 aliphatic carbocycles. The maximum atomic E-state index is 12.4. The summed E-state index contributed by atoms with van der Waals surface area (Å²) in [5, 5.41) is 24.0. The molecule has 2 aromatic carbocycles. The molecule has 0 bridgehead atoms. The average Bonchev–Trinajstić information content (AvgIpc) is 3.97. The number of benzene rings is 2. The lowest BCUT2D eigenvalue weighted by Gasteiger charge is -2.34. The number of ether oxygens (including phenoxy) is 2. The Morgan fingerprint density at radius 3 is 1.56 bits per heavy atom. The van der Waals surface area contributed by atoms with Crippen molar-refractivity contribution in [1.82, 2.24) is 20.0 Å². The first-order valence-corrected chi connectivity index (χ1v) is 22.9. The number of carbonyl (C=O) groups excluding carboxylic acids is 3. The third-order valence-corrected chi connectivity index (χ3v) is 13.0. The zero-order valence-corrected chi connectivity index (χ0v) is 38.5. The van der Waals surface area contributed by atoms with E-state index in [4.69, 9.17) is 32.7 Å². The van der Waals surface area contributed by atoms with E-state index in [0.717, 1.165) is 133 Å². The van der Waals surface area contributed by atoms with E-state index in [9.17, 15) is 24.6 Å². The largest absolute Gasteiger partial charge is 0.444 e. The summed E-state index contributed by atoms with van der Waals surface area (Å²) in [5.74, 6) is 2.28. The fraction of sp³-hybridized carbons (Fsp3) is 0.674. The number of rotatable bonds is 5. The standard InChI is InChI=1S/C23H34ClN3O3.C12H14ClNO2.C11H20N2O2/c1-23(2,3)30-22(29)27-14-17-12-25(13-18(17)15-27)11-16-5-4-6-20(24)21(16)26-9-7-19(28)8-10-26;13-11-3-1-2-9(8-15)12(11)14-6-4-10(16)5-7-14;1-11(2,3)15-10(14)13-6-8-4-12-5-9(8)7-13/h4-6,17-19,28H,7-15H2,1-3H3;1-3,8,10,16H,4-7H2;8-9,12H,4-7H2,1-3H3. The number of aliphatic hydroxyl groups excluding tert-OH is 2. The average molecular weight is 888 g/mol. The first-order valence-electron chi connectivity index (χ1n) is 22.1. The van der Waals surface area contributed by atoms with Gasteiger partial charge in [0.25, 0.3) is 0 Å². The van der Waals surface area contributed by atoms with Gasteiger partial charge in [-0.15, -0.1) is 0 Å². The first-order chi connectivity index (χ1) is 28.9. The second-order valence-corrected chi connectivity index (χ2v) is 20.5. The van der Waals surface area contributed by atoms with Crippen molar-refractivity contribution in [3.05, 3.63) is 57.6 Å². The predicted molar refractivity (Wildman–Crippen MR) is 241 cm³/mol. The maximum absolute atomic E-state index is 12.4. The maximum Gasteiger partial charge on any atom is 0.410 e. The lowest BCUT2D eigenvalue weighted by molar-refractivity contribution is 0.0267. The van der Waals surface area contributed by atoms with Gasteiger partial charge in [-0.25, -0.2) is 9.59 Å². The molecule has 61 heavy (non-hydrogen) atoms. The van der Waals surface area contributed by atoms with Gasteiger partial charge in [-0.1, -0.05) is 41.4 Å². The molecular formula is C46H68Cl2N6O7. The number of piperidine rings is 2. The summed E-state index contributed by atoms with van der Waals surface area (Å²) in [6.45, 7) is 22.8. The molecule has 15 heteroatoms. The predicted octanol–water partition coefficient (Wildman–Crippen LogP) is 6.79. The number of hydrogen-bond donors (Lipinski definition) is 3. The zero-order valence-electron chi connectivity index (χ0n) is 37.0. The minimum absolute atomic E-state index is 0.156. The van der Waals surface area contributed by atoms with Crippen LogP contribution in [0.3, 0.4) is 0 Å².